The number of benzene rings is 2. The molecule has 0 bridgehead atoms. The van der Waals surface area contributed by atoms with Crippen LogP contribution in [0, 0.1) is 0 Å². The number of aryl methyl sites for hydroxylation is 2. The van der Waals surface area contributed by atoms with Gasteiger partial charge in [0.05, 0.1) is 16.6 Å². The molecule has 0 aliphatic carbocycles. The third-order valence-corrected chi connectivity index (χ3v) is 6.05. The fraction of sp³-hybridized carbons (Fsp3) is 0.375. The lowest BCUT2D eigenvalue weighted by molar-refractivity contribution is -0.152. The molecule has 1 aromatic heterocycles. The monoisotopic (exact) mass is 491 g/mol. The molecule has 2 aromatic carbocycles. The van der Waals surface area contributed by atoms with E-state index in [1.54, 1.807) is 28.8 Å². The molecule has 0 saturated carbocycles. The number of ether oxygens (including phenoxy) is 1. The first-order chi connectivity index (χ1) is 15.6. The first-order valence-electron chi connectivity index (χ1n) is 10.7. The Balaban J connectivity index is 1.63. The largest absolute Gasteiger partial charge is 0.478 e. The van der Waals surface area contributed by atoms with Crippen molar-refractivity contribution in [1.29, 1.82) is 0 Å². The summed E-state index contributed by atoms with van der Waals surface area (Å²) in [5.74, 6) is 0.227. The highest BCUT2D eigenvalue weighted by molar-refractivity contribution is 6.42. The van der Waals surface area contributed by atoms with E-state index in [9.17, 15) is 14.7 Å². The molecule has 0 fully saturated rings. The zero-order valence-corrected chi connectivity index (χ0v) is 20.4. The second kappa shape index (κ2) is 10.4. The maximum atomic E-state index is 12.8. The van der Waals surface area contributed by atoms with E-state index in [-0.39, 0.29) is 5.69 Å². The van der Waals surface area contributed by atoms with Crippen molar-refractivity contribution < 1.29 is 14.6 Å². The maximum absolute atomic E-state index is 12.8. The smallest absolute Gasteiger partial charge is 0.347 e. The summed E-state index contributed by atoms with van der Waals surface area (Å²) in [5.41, 5.74) is 0.506. The predicted molar refractivity (Wildman–Crippen MR) is 129 cm³/mol. The fourth-order valence-corrected chi connectivity index (χ4v) is 3.74. The average Bonchev–Trinajstić information content (AvgIpc) is 3.06. The second-order valence-electron chi connectivity index (χ2n) is 8.26. The summed E-state index contributed by atoms with van der Waals surface area (Å²) in [7, 11) is 0. The highest BCUT2D eigenvalue weighted by Crippen LogP contribution is 2.23. The maximum Gasteiger partial charge on any atom is 0.347 e. The Bertz CT molecular complexity index is 1180. The molecule has 0 saturated heterocycles. The molecule has 0 unspecified atom stereocenters. The van der Waals surface area contributed by atoms with Crippen molar-refractivity contribution in [2.24, 2.45) is 0 Å². The minimum absolute atomic E-state index is 0.152. The number of aromatic nitrogens is 3. The Labute approximate surface area is 202 Å². The molecule has 1 heterocycles. The van der Waals surface area contributed by atoms with E-state index in [1.165, 1.54) is 18.5 Å². The standard InChI is InChI=1S/C24H27Cl2N3O4/c1-4-28-21(27-29(23(28)32)15-17-10-13-19(25)20(26)14-17)7-5-6-16-8-11-18(12-9-16)33-24(2,3)22(30)31/h8-14H,4-7,15H2,1-3H3,(H,30,31). The molecule has 1 N–H and O–H groups in total. The summed E-state index contributed by atoms with van der Waals surface area (Å²) in [6.45, 7) is 5.81. The van der Waals surface area contributed by atoms with E-state index in [4.69, 9.17) is 27.9 Å². The van der Waals surface area contributed by atoms with Gasteiger partial charge in [-0.25, -0.2) is 14.3 Å². The zero-order chi connectivity index (χ0) is 24.2. The SMILES string of the molecule is CCn1c(CCCc2ccc(OC(C)(C)C(=O)O)cc2)nn(Cc2ccc(Cl)c(Cl)c2)c1=O. The van der Waals surface area contributed by atoms with Gasteiger partial charge in [-0.1, -0.05) is 41.4 Å². The molecule has 0 amide bonds. The van der Waals surface area contributed by atoms with Gasteiger partial charge >= 0.3 is 11.7 Å². The second-order valence-corrected chi connectivity index (χ2v) is 9.08. The minimum Gasteiger partial charge on any atom is -0.478 e. The van der Waals surface area contributed by atoms with Crippen LogP contribution in [0.2, 0.25) is 10.0 Å². The number of carbonyl (C=O) groups is 1. The Morgan fingerprint density at radius 3 is 2.33 bits per heavy atom. The van der Waals surface area contributed by atoms with E-state index >= 15 is 0 Å². The van der Waals surface area contributed by atoms with Crippen LogP contribution in [0.5, 0.6) is 5.75 Å². The molecule has 176 valence electrons. The Morgan fingerprint density at radius 2 is 1.73 bits per heavy atom. The third-order valence-electron chi connectivity index (χ3n) is 5.31. The van der Waals surface area contributed by atoms with Crippen molar-refractivity contribution in [2.45, 2.75) is 58.7 Å². The van der Waals surface area contributed by atoms with Gasteiger partial charge in [0.2, 0.25) is 0 Å². The van der Waals surface area contributed by atoms with Gasteiger partial charge in [-0.15, -0.1) is 0 Å². The summed E-state index contributed by atoms with van der Waals surface area (Å²) < 4.78 is 8.67. The molecule has 7 nitrogen and oxygen atoms in total. The molecule has 3 aromatic rings. The van der Waals surface area contributed by atoms with Crippen LogP contribution >= 0.6 is 23.2 Å². The van der Waals surface area contributed by atoms with Crippen LogP contribution < -0.4 is 10.4 Å². The molecule has 0 spiro atoms. The van der Waals surface area contributed by atoms with Crippen molar-refractivity contribution >= 4 is 29.2 Å². The summed E-state index contributed by atoms with van der Waals surface area (Å²) in [4.78, 5) is 24.0. The number of aliphatic carboxylic acids is 1. The molecular weight excluding hydrogens is 465 g/mol. The molecule has 9 heteroatoms. The van der Waals surface area contributed by atoms with Gasteiger partial charge in [0.25, 0.3) is 0 Å². The quantitative estimate of drug-likeness (QED) is 0.438. The van der Waals surface area contributed by atoms with E-state index in [2.05, 4.69) is 5.10 Å². The van der Waals surface area contributed by atoms with Crippen LogP contribution in [0.15, 0.2) is 47.3 Å². The van der Waals surface area contributed by atoms with Gasteiger partial charge in [0, 0.05) is 13.0 Å². The van der Waals surface area contributed by atoms with Gasteiger partial charge in [-0.05, 0) is 69.0 Å². The minimum atomic E-state index is -1.29. The van der Waals surface area contributed by atoms with Gasteiger partial charge in [-0.3, -0.25) is 4.57 Å². The van der Waals surface area contributed by atoms with E-state index < -0.39 is 11.6 Å². The van der Waals surface area contributed by atoms with Crippen molar-refractivity contribution in [2.75, 3.05) is 0 Å². The Hall–Kier alpha value is -2.77. The van der Waals surface area contributed by atoms with Crippen LogP contribution in [0.3, 0.4) is 0 Å². The predicted octanol–water partition coefficient (Wildman–Crippen LogP) is 4.84. The summed E-state index contributed by atoms with van der Waals surface area (Å²) >= 11 is 12.1. The Morgan fingerprint density at radius 1 is 1.06 bits per heavy atom. The average molecular weight is 492 g/mol. The van der Waals surface area contributed by atoms with Crippen molar-refractivity contribution in [3.63, 3.8) is 0 Å². The lowest BCUT2D eigenvalue weighted by atomic mass is 10.1. The van der Waals surface area contributed by atoms with Crippen LogP contribution in [0.1, 0.15) is 44.1 Å². The van der Waals surface area contributed by atoms with Gasteiger partial charge in [0.1, 0.15) is 11.6 Å². The lowest BCUT2D eigenvalue weighted by Crippen LogP contribution is -2.37. The van der Waals surface area contributed by atoms with Gasteiger partial charge in [-0.2, -0.15) is 5.10 Å². The van der Waals surface area contributed by atoms with Crippen LogP contribution in [0.25, 0.3) is 0 Å². The number of rotatable bonds is 10. The highest BCUT2D eigenvalue weighted by atomic mass is 35.5. The summed E-state index contributed by atoms with van der Waals surface area (Å²) in [6.07, 6.45) is 2.26. The number of halogens is 2. The van der Waals surface area contributed by atoms with Crippen LogP contribution in [-0.4, -0.2) is 31.0 Å². The molecule has 0 radical (unpaired) electrons. The zero-order valence-electron chi connectivity index (χ0n) is 18.8. The van der Waals surface area contributed by atoms with Crippen LogP contribution in [-0.2, 0) is 30.7 Å². The fourth-order valence-electron chi connectivity index (χ4n) is 3.42. The normalized spacial score (nSPS) is 11.5. The molecule has 3 rings (SSSR count). The highest BCUT2D eigenvalue weighted by Gasteiger charge is 2.29. The number of hydrogen-bond acceptors (Lipinski definition) is 4. The van der Waals surface area contributed by atoms with Gasteiger partial charge in [0.15, 0.2) is 5.60 Å². The van der Waals surface area contributed by atoms with E-state index in [0.717, 1.165) is 29.8 Å². The number of hydrogen-bond donors (Lipinski definition) is 1. The van der Waals surface area contributed by atoms with E-state index in [1.807, 2.05) is 25.1 Å². The lowest BCUT2D eigenvalue weighted by Gasteiger charge is -2.21. The first-order valence-corrected chi connectivity index (χ1v) is 11.5. The number of carboxylic acid groups (broad SMARTS) is 1. The third kappa shape index (κ3) is 6.18. The molecule has 33 heavy (non-hydrogen) atoms. The molecular formula is C24H27Cl2N3O4. The molecule has 0 atom stereocenters. The van der Waals surface area contributed by atoms with Crippen LogP contribution in [0.4, 0.5) is 0 Å². The topological polar surface area (TPSA) is 86.3 Å². The van der Waals surface area contributed by atoms with Gasteiger partial charge < -0.3 is 9.84 Å². The molecule has 0 aliphatic heterocycles. The molecule has 0 aliphatic rings. The van der Waals surface area contributed by atoms with Crippen molar-refractivity contribution in [3.05, 3.63) is 79.9 Å². The van der Waals surface area contributed by atoms with Crippen molar-refractivity contribution in [3.8, 4) is 5.75 Å². The summed E-state index contributed by atoms with van der Waals surface area (Å²) in [6, 6.07) is 12.7. The summed E-state index contributed by atoms with van der Waals surface area (Å²) in [5, 5.41) is 14.6. The number of nitrogens with zero attached hydrogens (tertiary/aromatic N) is 3. The first kappa shape index (κ1) is 24.9. The van der Waals surface area contributed by atoms with Crippen molar-refractivity contribution in [1.82, 2.24) is 14.3 Å². The Kier molecular flexibility index (Phi) is 7.87. The van der Waals surface area contributed by atoms with E-state index in [0.29, 0.717) is 35.3 Å². The number of carboxylic acids is 1.